The van der Waals surface area contributed by atoms with Crippen molar-refractivity contribution in [2.45, 2.75) is 6.42 Å². The van der Waals surface area contributed by atoms with Gasteiger partial charge in [0.15, 0.2) is 5.82 Å². The highest BCUT2D eigenvalue weighted by atomic mass is 35.5. The lowest BCUT2D eigenvalue weighted by Gasteiger charge is -2.06. The first-order chi connectivity index (χ1) is 9.33. The Labute approximate surface area is 119 Å². The number of anilines is 2. The first kappa shape index (κ1) is 11.1. The Kier molecular flexibility index (Phi) is 2.40. The lowest BCUT2D eigenvalue weighted by molar-refractivity contribution is 1.09. The van der Waals surface area contributed by atoms with Gasteiger partial charge < -0.3 is 5.32 Å². The first-order valence-electron chi connectivity index (χ1n) is 5.98. The summed E-state index contributed by atoms with van der Waals surface area (Å²) in [7, 11) is 0. The van der Waals surface area contributed by atoms with E-state index >= 15 is 0 Å². The SMILES string of the molecule is Clc1ccccc1Nc1n[nH]c2c1Cc1sccc1-2. The molecule has 5 heteroatoms. The van der Waals surface area contributed by atoms with E-state index in [4.69, 9.17) is 11.6 Å². The molecule has 0 atom stereocenters. The maximum Gasteiger partial charge on any atom is 0.156 e. The Morgan fingerprint density at radius 3 is 3.05 bits per heavy atom. The van der Waals surface area contributed by atoms with E-state index in [1.54, 1.807) is 11.3 Å². The van der Waals surface area contributed by atoms with Gasteiger partial charge in [-0.3, -0.25) is 5.10 Å². The summed E-state index contributed by atoms with van der Waals surface area (Å²) in [6.07, 6.45) is 0.936. The number of halogens is 1. The normalized spacial score (nSPS) is 12.3. The van der Waals surface area contributed by atoms with Crippen LogP contribution in [0.5, 0.6) is 0 Å². The molecule has 2 N–H and O–H groups in total. The van der Waals surface area contributed by atoms with Crippen LogP contribution >= 0.6 is 22.9 Å². The van der Waals surface area contributed by atoms with Crippen molar-refractivity contribution in [1.82, 2.24) is 10.2 Å². The van der Waals surface area contributed by atoms with E-state index in [9.17, 15) is 0 Å². The van der Waals surface area contributed by atoms with Gasteiger partial charge in [0, 0.05) is 22.4 Å². The molecule has 0 fully saturated rings. The molecule has 0 saturated carbocycles. The topological polar surface area (TPSA) is 40.7 Å². The molecule has 1 aliphatic rings. The Bertz CT molecular complexity index is 760. The van der Waals surface area contributed by atoms with Crippen molar-refractivity contribution < 1.29 is 0 Å². The Balaban J connectivity index is 1.73. The molecular formula is C14H10ClN3S. The second kappa shape index (κ2) is 4.11. The number of aromatic amines is 1. The van der Waals surface area contributed by atoms with Gasteiger partial charge in [-0.2, -0.15) is 5.10 Å². The number of nitrogens with one attached hydrogen (secondary N) is 2. The molecule has 0 bridgehead atoms. The number of rotatable bonds is 2. The van der Waals surface area contributed by atoms with Crippen molar-refractivity contribution in [2.75, 3.05) is 5.32 Å². The second-order valence-electron chi connectivity index (χ2n) is 4.46. The van der Waals surface area contributed by atoms with Crippen LogP contribution in [0.25, 0.3) is 11.3 Å². The number of thiophene rings is 1. The minimum absolute atomic E-state index is 0.701. The minimum atomic E-state index is 0.701. The molecule has 1 aromatic carbocycles. The third-order valence-electron chi connectivity index (χ3n) is 3.35. The van der Waals surface area contributed by atoms with Crippen LogP contribution in [0.15, 0.2) is 35.7 Å². The van der Waals surface area contributed by atoms with Gasteiger partial charge in [0.05, 0.1) is 16.4 Å². The number of aromatic nitrogens is 2. The number of nitrogens with zero attached hydrogens (tertiary/aromatic N) is 1. The molecule has 0 amide bonds. The summed E-state index contributed by atoms with van der Waals surface area (Å²) in [6, 6.07) is 9.84. The fourth-order valence-corrected chi connectivity index (χ4v) is 3.49. The molecule has 0 aliphatic heterocycles. The van der Waals surface area contributed by atoms with Crippen LogP contribution in [0.3, 0.4) is 0 Å². The van der Waals surface area contributed by atoms with Crippen LogP contribution in [-0.4, -0.2) is 10.2 Å². The molecule has 0 spiro atoms. The number of H-pyrrole nitrogens is 1. The molecule has 3 nitrogen and oxygen atoms in total. The van der Waals surface area contributed by atoms with Gasteiger partial charge in [-0.05, 0) is 23.6 Å². The Morgan fingerprint density at radius 2 is 2.16 bits per heavy atom. The van der Waals surface area contributed by atoms with Gasteiger partial charge in [-0.1, -0.05) is 23.7 Å². The van der Waals surface area contributed by atoms with E-state index in [-0.39, 0.29) is 0 Å². The average molecular weight is 288 g/mol. The van der Waals surface area contributed by atoms with Gasteiger partial charge in [0.25, 0.3) is 0 Å². The maximum atomic E-state index is 6.16. The van der Waals surface area contributed by atoms with Crippen molar-refractivity contribution in [2.24, 2.45) is 0 Å². The van der Waals surface area contributed by atoms with Crippen LogP contribution in [0.1, 0.15) is 10.4 Å². The van der Waals surface area contributed by atoms with E-state index in [1.807, 2.05) is 24.3 Å². The Hall–Kier alpha value is -1.78. The van der Waals surface area contributed by atoms with Crippen molar-refractivity contribution in [1.29, 1.82) is 0 Å². The lowest BCUT2D eigenvalue weighted by Crippen LogP contribution is -1.94. The van der Waals surface area contributed by atoms with Gasteiger partial charge >= 0.3 is 0 Å². The predicted molar refractivity (Wildman–Crippen MR) is 79.4 cm³/mol. The summed E-state index contributed by atoms with van der Waals surface area (Å²) in [4.78, 5) is 1.39. The number of fused-ring (bicyclic) bond motifs is 3. The van der Waals surface area contributed by atoms with Crippen LogP contribution in [0.2, 0.25) is 5.02 Å². The van der Waals surface area contributed by atoms with Crippen LogP contribution in [-0.2, 0) is 6.42 Å². The molecule has 0 radical (unpaired) electrons. The smallest absolute Gasteiger partial charge is 0.156 e. The summed E-state index contributed by atoms with van der Waals surface area (Å²) in [5.41, 5.74) is 4.51. The molecule has 0 unspecified atom stereocenters. The number of para-hydroxylation sites is 1. The van der Waals surface area contributed by atoms with Crippen molar-refractivity contribution in [3.8, 4) is 11.3 Å². The van der Waals surface area contributed by atoms with E-state index in [0.29, 0.717) is 5.02 Å². The molecule has 4 rings (SSSR count). The van der Waals surface area contributed by atoms with E-state index in [2.05, 4.69) is 27.0 Å². The zero-order valence-electron chi connectivity index (χ0n) is 9.90. The van der Waals surface area contributed by atoms with Crippen LogP contribution in [0.4, 0.5) is 11.5 Å². The lowest BCUT2D eigenvalue weighted by atomic mass is 10.2. The number of hydrogen-bond donors (Lipinski definition) is 2. The Morgan fingerprint density at radius 1 is 1.26 bits per heavy atom. The van der Waals surface area contributed by atoms with E-state index in [1.165, 1.54) is 16.0 Å². The molecule has 94 valence electrons. The van der Waals surface area contributed by atoms with Gasteiger partial charge in [-0.25, -0.2) is 0 Å². The molecule has 19 heavy (non-hydrogen) atoms. The summed E-state index contributed by atoms with van der Waals surface area (Å²) in [6.45, 7) is 0. The fourth-order valence-electron chi connectivity index (χ4n) is 2.41. The monoisotopic (exact) mass is 287 g/mol. The summed E-state index contributed by atoms with van der Waals surface area (Å²) < 4.78 is 0. The van der Waals surface area contributed by atoms with E-state index < -0.39 is 0 Å². The summed E-state index contributed by atoms with van der Waals surface area (Å²) in [5.74, 6) is 0.867. The zero-order valence-corrected chi connectivity index (χ0v) is 11.5. The maximum absolute atomic E-state index is 6.16. The van der Waals surface area contributed by atoms with Crippen LogP contribution < -0.4 is 5.32 Å². The summed E-state index contributed by atoms with van der Waals surface area (Å²) >= 11 is 7.95. The highest BCUT2D eigenvalue weighted by Gasteiger charge is 2.25. The van der Waals surface area contributed by atoms with Crippen molar-refractivity contribution in [3.05, 3.63) is 51.2 Å². The number of hydrogen-bond acceptors (Lipinski definition) is 3. The highest BCUT2D eigenvalue weighted by Crippen LogP contribution is 2.42. The number of benzene rings is 1. The largest absolute Gasteiger partial charge is 0.337 e. The fraction of sp³-hybridized carbons (Fsp3) is 0.0714. The molecule has 0 saturated heterocycles. The summed E-state index contributed by atoms with van der Waals surface area (Å²) in [5, 5.41) is 13.6. The van der Waals surface area contributed by atoms with Gasteiger partial charge in [0.2, 0.25) is 0 Å². The zero-order chi connectivity index (χ0) is 12.8. The van der Waals surface area contributed by atoms with Crippen molar-refractivity contribution in [3.63, 3.8) is 0 Å². The van der Waals surface area contributed by atoms with Gasteiger partial charge in [0.1, 0.15) is 0 Å². The van der Waals surface area contributed by atoms with E-state index in [0.717, 1.165) is 23.6 Å². The standard InChI is InChI=1S/C14H10ClN3S/c15-10-3-1-2-4-11(10)16-14-9-7-12-8(5-6-19-12)13(9)17-18-14/h1-6H,7H2,(H2,16,17,18). The molecule has 2 aromatic heterocycles. The third kappa shape index (κ3) is 1.68. The quantitative estimate of drug-likeness (QED) is 0.572. The molecule has 1 aliphatic carbocycles. The second-order valence-corrected chi connectivity index (χ2v) is 5.87. The van der Waals surface area contributed by atoms with Gasteiger partial charge in [-0.15, -0.1) is 11.3 Å². The first-order valence-corrected chi connectivity index (χ1v) is 7.24. The molecular weight excluding hydrogens is 278 g/mol. The third-order valence-corrected chi connectivity index (χ3v) is 4.60. The van der Waals surface area contributed by atoms with Crippen LogP contribution in [0, 0.1) is 0 Å². The van der Waals surface area contributed by atoms with Crippen molar-refractivity contribution >= 4 is 34.4 Å². The predicted octanol–water partition coefficient (Wildman–Crippen LogP) is 4.44. The highest BCUT2D eigenvalue weighted by molar-refractivity contribution is 7.10. The minimum Gasteiger partial charge on any atom is -0.337 e. The molecule has 2 heterocycles. The molecule has 3 aromatic rings. The average Bonchev–Trinajstić information content (AvgIpc) is 3.05.